The Morgan fingerprint density at radius 1 is 1.29 bits per heavy atom. The Morgan fingerprint density at radius 3 is 2.38 bits per heavy atom. The second-order valence-corrected chi connectivity index (χ2v) is 5.72. The second kappa shape index (κ2) is 4.70. The second-order valence-electron chi connectivity index (χ2n) is 5.72. The minimum absolute atomic E-state index is 0.242. The molecule has 7 heteroatoms. The largest absolute Gasteiger partial charge is 0.368 e. The van der Waals surface area contributed by atoms with Gasteiger partial charge in [-0.3, -0.25) is 4.79 Å². The summed E-state index contributed by atoms with van der Waals surface area (Å²) in [7, 11) is 0. The van der Waals surface area contributed by atoms with E-state index < -0.39 is 34.5 Å². The molecule has 1 amide bonds. The molecule has 1 aliphatic heterocycles. The van der Waals surface area contributed by atoms with E-state index >= 15 is 0 Å². The first-order valence-electron chi connectivity index (χ1n) is 6.78. The van der Waals surface area contributed by atoms with E-state index in [9.17, 15) is 25.7 Å². The summed E-state index contributed by atoms with van der Waals surface area (Å²) in [6.45, 7) is 1.41. The predicted molar refractivity (Wildman–Crippen MR) is 68.4 cm³/mol. The molecule has 110 valence electrons. The van der Waals surface area contributed by atoms with Crippen LogP contribution in [0.15, 0.2) is 0 Å². The molecule has 0 spiro atoms. The van der Waals surface area contributed by atoms with Crippen molar-refractivity contribution in [2.24, 2.45) is 22.5 Å². The normalized spacial score (nSPS) is 40.9. The van der Waals surface area contributed by atoms with Crippen LogP contribution in [0, 0.1) is 50.7 Å². The zero-order valence-electron chi connectivity index (χ0n) is 11.7. The van der Waals surface area contributed by atoms with Crippen LogP contribution >= 0.6 is 0 Å². The SMILES string of the molecule is C[C@@H]1O[C@@]2(O)CCCC[C@H]2[C@@](C#N)(C(N)=O)C1(C#N)C#N. The molecule has 3 N–H and O–H groups in total. The number of fused-ring (bicyclic) bond motifs is 1. The van der Waals surface area contributed by atoms with Gasteiger partial charge in [-0.15, -0.1) is 0 Å². The molecule has 1 heterocycles. The van der Waals surface area contributed by atoms with Crippen molar-refractivity contribution in [1.29, 1.82) is 15.8 Å². The van der Waals surface area contributed by atoms with Crippen LogP contribution in [-0.2, 0) is 9.53 Å². The van der Waals surface area contributed by atoms with Crippen molar-refractivity contribution in [1.82, 2.24) is 0 Å². The third-order valence-electron chi connectivity index (χ3n) is 4.88. The summed E-state index contributed by atoms with van der Waals surface area (Å²) in [5.74, 6) is -3.76. The maximum absolute atomic E-state index is 12.1. The van der Waals surface area contributed by atoms with Crippen molar-refractivity contribution >= 4 is 5.91 Å². The third-order valence-corrected chi connectivity index (χ3v) is 4.88. The highest BCUT2D eigenvalue weighted by molar-refractivity contribution is 5.87. The molecule has 0 aromatic rings. The molecule has 0 unspecified atom stereocenters. The van der Waals surface area contributed by atoms with Gasteiger partial charge in [0.2, 0.25) is 5.91 Å². The summed E-state index contributed by atoms with van der Waals surface area (Å²) in [6, 6.07) is 5.34. The maximum Gasteiger partial charge on any atom is 0.241 e. The molecule has 0 bridgehead atoms. The summed E-state index contributed by atoms with van der Waals surface area (Å²) in [5, 5.41) is 39.4. The lowest BCUT2D eigenvalue weighted by Crippen LogP contribution is -2.70. The zero-order chi connectivity index (χ0) is 15.9. The van der Waals surface area contributed by atoms with Gasteiger partial charge in [-0.2, -0.15) is 15.8 Å². The number of nitrogens with zero attached hydrogens (tertiary/aromatic N) is 3. The number of nitriles is 3. The number of aliphatic hydroxyl groups is 1. The number of carbonyl (C=O) groups excluding carboxylic acids is 1. The van der Waals surface area contributed by atoms with Crippen LogP contribution in [0.5, 0.6) is 0 Å². The van der Waals surface area contributed by atoms with Crippen molar-refractivity contribution in [2.75, 3.05) is 0 Å². The van der Waals surface area contributed by atoms with Crippen LogP contribution in [0.1, 0.15) is 32.6 Å². The van der Waals surface area contributed by atoms with E-state index in [1.54, 1.807) is 18.2 Å². The first kappa shape index (κ1) is 15.3. The fraction of sp³-hybridized carbons (Fsp3) is 0.714. The van der Waals surface area contributed by atoms with Crippen LogP contribution in [-0.4, -0.2) is 22.9 Å². The van der Waals surface area contributed by atoms with Crippen molar-refractivity contribution in [3.05, 3.63) is 0 Å². The number of hydrogen-bond acceptors (Lipinski definition) is 6. The molecule has 2 fully saturated rings. The molecule has 2 rings (SSSR count). The number of amides is 1. The smallest absolute Gasteiger partial charge is 0.241 e. The standard InChI is InChI=1S/C14H16N4O3/c1-9-12(6-15,7-16)13(8-17,11(18)19)10-4-2-3-5-14(10,20)21-9/h9-10,20H,2-5H2,1H3,(H2,18,19)/t9-,10-,13-,14-/m0/s1. The highest BCUT2D eigenvalue weighted by Crippen LogP contribution is 2.59. The van der Waals surface area contributed by atoms with E-state index in [1.165, 1.54) is 6.92 Å². The summed E-state index contributed by atoms with van der Waals surface area (Å²) < 4.78 is 5.53. The molecule has 2 aliphatic rings. The maximum atomic E-state index is 12.1. The molecular weight excluding hydrogens is 272 g/mol. The van der Waals surface area contributed by atoms with Gasteiger partial charge in [0.1, 0.15) is 0 Å². The molecule has 7 nitrogen and oxygen atoms in total. The molecule has 4 atom stereocenters. The Labute approximate surface area is 122 Å². The van der Waals surface area contributed by atoms with Crippen LogP contribution < -0.4 is 5.73 Å². The van der Waals surface area contributed by atoms with Gasteiger partial charge >= 0.3 is 0 Å². The topological polar surface area (TPSA) is 144 Å². The lowest BCUT2D eigenvalue weighted by atomic mass is 9.50. The van der Waals surface area contributed by atoms with Gasteiger partial charge in [-0.1, -0.05) is 6.42 Å². The molecule has 1 aliphatic carbocycles. The highest BCUT2D eigenvalue weighted by atomic mass is 16.6. The lowest BCUT2D eigenvalue weighted by molar-refractivity contribution is -0.332. The van der Waals surface area contributed by atoms with Gasteiger partial charge in [0, 0.05) is 12.3 Å². The van der Waals surface area contributed by atoms with Crippen LogP contribution in [0.25, 0.3) is 0 Å². The van der Waals surface area contributed by atoms with E-state index in [0.717, 1.165) is 0 Å². The molecule has 21 heavy (non-hydrogen) atoms. The van der Waals surface area contributed by atoms with Gasteiger partial charge in [-0.05, 0) is 19.8 Å². The summed E-state index contributed by atoms with van der Waals surface area (Å²) in [5.41, 5.74) is 1.30. The zero-order valence-corrected chi connectivity index (χ0v) is 11.7. The first-order valence-corrected chi connectivity index (χ1v) is 6.78. The predicted octanol–water partition coefficient (Wildman–Crippen LogP) is 0.313. The van der Waals surface area contributed by atoms with E-state index in [4.69, 9.17) is 10.5 Å². The molecule has 1 saturated heterocycles. The number of carbonyl (C=O) groups is 1. The Balaban J connectivity index is 2.77. The summed E-state index contributed by atoms with van der Waals surface area (Å²) in [4.78, 5) is 12.1. The molecule has 0 aromatic heterocycles. The minimum atomic E-state index is -2.09. The number of nitrogens with two attached hydrogens (primary N) is 1. The van der Waals surface area contributed by atoms with Crippen molar-refractivity contribution in [3.8, 4) is 18.2 Å². The van der Waals surface area contributed by atoms with Crippen LogP contribution in [0.3, 0.4) is 0 Å². The minimum Gasteiger partial charge on any atom is -0.368 e. The van der Waals surface area contributed by atoms with Gasteiger partial charge in [-0.25, -0.2) is 0 Å². The van der Waals surface area contributed by atoms with E-state index in [1.807, 2.05) is 0 Å². The van der Waals surface area contributed by atoms with E-state index in [2.05, 4.69) is 0 Å². The van der Waals surface area contributed by atoms with Gasteiger partial charge in [0.15, 0.2) is 16.6 Å². The molecular formula is C14H16N4O3. The van der Waals surface area contributed by atoms with Crippen molar-refractivity contribution in [2.45, 2.75) is 44.5 Å². The first-order chi connectivity index (χ1) is 9.84. The lowest BCUT2D eigenvalue weighted by Gasteiger charge is -2.56. The van der Waals surface area contributed by atoms with Crippen LogP contribution in [0.2, 0.25) is 0 Å². The quantitative estimate of drug-likeness (QED) is 0.710. The number of primary amides is 1. The average Bonchev–Trinajstić information content (AvgIpc) is 2.45. The third kappa shape index (κ3) is 1.61. The van der Waals surface area contributed by atoms with Crippen molar-refractivity contribution < 1.29 is 14.6 Å². The highest BCUT2D eigenvalue weighted by Gasteiger charge is 2.73. The van der Waals surface area contributed by atoms with Crippen molar-refractivity contribution in [3.63, 3.8) is 0 Å². The summed E-state index contributed by atoms with van der Waals surface area (Å²) in [6.07, 6.45) is 0.760. The Bertz CT molecular complexity index is 585. The van der Waals surface area contributed by atoms with Gasteiger partial charge in [0.05, 0.1) is 24.3 Å². The molecule has 0 radical (unpaired) electrons. The monoisotopic (exact) mass is 288 g/mol. The Morgan fingerprint density at radius 2 is 1.90 bits per heavy atom. The van der Waals surface area contributed by atoms with Gasteiger partial charge in [0.25, 0.3) is 0 Å². The number of hydrogen-bond donors (Lipinski definition) is 2. The Hall–Kier alpha value is -2.14. The number of ether oxygens (including phenoxy) is 1. The fourth-order valence-corrected chi connectivity index (χ4v) is 3.78. The van der Waals surface area contributed by atoms with Gasteiger partial charge < -0.3 is 15.6 Å². The van der Waals surface area contributed by atoms with Crippen LogP contribution in [0.4, 0.5) is 0 Å². The molecule has 0 aromatic carbocycles. The number of rotatable bonds is 1. The average molecular weight is 288 g/mol. The summed E-state index contributed by atoms with van der Waals surface area (Å²) >= 11 is 0. The van der Waals surface area contributed by atoms with E-state index in [0.29, 0.717) is 19.3 Å². The fourth-order valence-electron chi connectivity index (χ4n) is 3.78. The van der Waals surface area contributed by atoms with E-state index in [-0.39, 0.29) is 6.42 Å². The Kier molecular flexibility index (Phi) is 3.41. The molecule has 1 saturated carbocycles.